The van der Waals surface area contributed by atoms with Crippen molar-refractivity contribution in [1.82, 2.24) is 9.80 Å². The van der Waals surface area contributed by atoms with Crippen LogP contribution in [0.25, 0.3) is 0 Å². The SMILES string of the molecule is COc1cc(C)c(C(=O)N2CC3CN(C(CC(N)=O)c4ccc(C)c(Cl)c4)CC3C2)c(C)c1. The number of methoxy groups -OCH3 is 1. The first kappa shape index (κ1) is 23.6. The third-order valence-electron chi connectivity index (χ3n) is 7.17. The van der Waals surface area contributed by atoms with Gasteiger partial charge in [0, 0.05) is 49.2 Å². The smallest absolute Gasteiger partial charge is 0.254 e. The lowest BCUT2D eigenvalue weighted by molar-refractivity contribution is -0.119. The highest BCUT2D eigenvalue weighted by Crippen LogP contribution is 2.38. The van der Waals surface area contributed by atoms with Gasteiger partial charge < -0.3 is 15.4 Å². The van der Waals surface area contributed by atoms with Gasteiger partial charge in [-0.2, -0.15) is 0 Å². The van der Waals surface area contributed by atoms with Crippen LogP contribution in [0.15, 0.2) is 30.3 Å². The Kier molecular flexibility index (Phi) is 6.68. The van der Waals surface area contributed by atoms with Crippen molar-refractivity contribution in [3.63, 3.8) is 0 Å². The summed E-state index contributed by atoms with van der Waals surface area (Å²) in [5, 5.41) is 0.698. The Balaban J connectivity index is 1.48. The van der Waals surface area contributed by atoms with Gasteiger partial charge in [0.25, 0.3) is 5.91 Å². The molecule has 7 heteroatoms. The zero-order chi connectivity index (χ0) is 23.9. The van der Waals surface area contributed by atoms with Crippen LogP contribution in [-0.4, -0.2) is 54.9 Å². The number of ether oxygens (including phenoxy) is 1. The summed E-state index contributed by atoms with van der Waals surface area (Å²) in [6.45, 7) is 9.00. The van der Waals surface area contributed by atoms with Crippen molar-refractivity contribution in [2.24, 2.45) is 17.6 Å². The molecule has 2 saturated heterocycles. The van der Waals surface area contributed by atoms with Gasteiger partial charge in [-0.05, 0) is 73.1 Å². The quantitative estimate of drug-likeness (QED) is 0.696. The molecule has 2 heterocycles. The fraction of sp³-hybridized carbons (Fsp3) is 0.462. The Morgan fingerprint density at radius 2 is 1.64 bits per heavy atom. The highest BCUT2D eigenvalue weighted by Gasteiger charge is 2.44. The van der Waals surface area contributed by atoms with Crippen molar-refractivity contribution in [3.05, 3.63) is 63.2 Å². The molecule has 0 spiro atoms. The number of hydrogen-bond acceptors (Lipinski definition) is 4. The third-order valence-corrected chi connectivity index (χ3v) is 7.58. The summed E-state index contributed by atoms with van der Waals surface area (Å²) in [4.78, 5) is 29.5. The maximum absolute atomic E-state index is 13.4. The van der Waals surface area contributed by atoms with Crippen LogP contribution < -0.4 is 10.5 Å². The fourth-order valence-corrected chi connectivity index (χ4v) is 5.64. The molecule has 33 heavy (non-hydrogen) atoms. The van der Waals surface area contributed by atoms with Crippen molar-refractivity contribution in [2.45, 2.75) is 33.2 Å². The van der Waals surface area contributed by atoms with Crippen LogP contribution >= 0.6 is 11.6 Å². The molecule has 0 aliphatic carbocycles. The highest BCUT2D eigenvalue weighted by atomic mass is 35.5. The van der Waals surface area contributed by atoms with Gasteiger partial charge in [-0.15, -0.1) is 0 Å². The summed E-state index contributed by atoms with van der Waals surface area (Å²) in [6.07, 6.45) is 0.256. The van der Waals surface area contributed by atoms with Crippen molar-refractivity contribution < 1.29 is 14.3 Å². The Bertz CT molecular complexity index is 1050. The van der Waals surface area contributed by atoms with Gasteiger partial charge in [0.05, 0.1) is 7.11 Å². The fourth-order valence-electron chi connectivity index (χ4n) is 5.45. The second kappa shape index (κ2) is 9.35. The number of fused-ring (bicyclic) bond motifs is 1. The van der Waals surface area contributed by atoms with E-state index in [9.17, 15) is 9.59 Å². The average molecular weight is 470 g/mol. The summed E-state index contributed by atoms with van der Waals surface area (Å²) in [6, 6.07) is 9.71. The number of carbonyl (C=O) groups is 2. The Hall–Kier alpha value is -2.57. The topological polar surface area (TPSA) is 75.9 Å². The molecule has 0 aromatic heterocycles. The average Bonchev–Trinajstić information content (AvgIpc) is 3.32. The summed E-state index contributed by atoms with van der Waals surface area (Å²) in [7, 11) is 1.64. The number of benzene rings is 2. The predicted molar refractivity (Wildman–Crippen MR) is 130 cm³/mol. The standard InChI is InChI=1S/C26H32ClN3O3/c1-15-5-6-18(9-22(15)27)23(10-24(28)31)29-11-19-13-30(14-20(19)12-29)26(32)25-16(2)7-21(33-4)8-17(25)3/h5-9,19-20,23H,10-14H2,1-4H3,(H2,28,31). The molecule has 2 aromatic carbocycles. The maximum Gasteiger partial charge on any atom is 0.254 e. The van der Waals surface area contributed by atoms with E-state index in [2.05, 4.69) is 4.90 Å². The molecule has 2 N–H and O–H groups in total. The maximum atomic E-state index is 13.4. The second-order valence-corrected chi connectivity index (χ2v) is 9.92. The van der Waals surface area contributed by atoms with Gasteiger partial charge >= 0.3 is 0 Å². The number of primary amides is 1. The number of carbonyl (C=O) groups excluding carboxylic acids is 2. The van der Waals surface area contributed by atoms with Gasteiger partial charge in [-0.25, -0.2) is 0 Å². The minimum absolute atomic E-state index is 0.0904. The van der Waals surface area contributed by atoms with E-state index in [1.807, 2.05) is 56.0 Å². The lowest BCUT2D eigenvalue weighted by Crippen LogP contribution is -2.36. The molecule has 2 fully saturated rings. The van der Waals surface area contributed by atoms with Crippen LogP contribution in [0.5, 0.6) is 5.75 Å². The monoisotopic (exact) mass is 469 g/mol. The van der Waals surface area contributed by atoms with Gasteiger partial charge in [-0.3, -0.25) is 14.5 Å². The molecule has 2 aromatic rings. The van der Waals surface area contributed by atoms with Crippen molar-refractivity contribution in [2.75, 3.05) is 33.3 Å². The molecule has 3 unspecified atom stereocenters. The molecule has 2 amide bonds. The van der Waals surface area contributed by atoms with Gasteiger partial charge in [0.15, 0.2) is 0 Å². The molecule has 4 rings (SSSR count). The number of likely N-dealkylation sites (tertiary alicyclic amines) is 2. The van der Waals surface area contributed by atoms with E-state index in [1.54, 1.807) is 7.11 Å². The molecule has 0 saturated carbocycles. The summed E-state index contributed by atoms with van der Waals surface area (Å²) < 4.78 is 5.34. The van der Waals surface area contributed by atoms with E-state index in [4.69, 9.17) is 22.1 Å². The zero-order valence-electron chi connectivity index (χ0n) is 19.7. The largest absolute Gasteiger partial charge is 0.497 e. The second-order valence-electron chi connectivity index (χ2n) is 9.52. The number of rotatable bonds is 6. The molecule has 3 atom stereocenters. The minimum Gasteiger partial charge on any atom is -0.497 e. The molecule has 6 nitrogen and oxygen atoms in total. The van der Waals surface area contributed by atoms with Crippen LogP contribution in [0.3, 0.4) is 0 Å². The van der Waals surface area contributed by atoms with Crippen LogP contribution in [0, 0.1) is 32.6 Å². The normalized spacial score (nSPS) is 21.2. The van der Waals surface area contributed by atoms with E-state index in [0.29, 0.717) is 16.9 Å². The highest BCUT2D eigenvalue weighted by molar-refractivity contribution is 6.31. The third kappa shape index (κ3) is 4.73. The first-order valence-corrected chi connectivity index (χ1v) is 11.8. The van der Waals surface area contributed by atoms with Gasteiger partial charge in [-0.1, -0.05) is 23.7 Å². The molecule has 2 aliphatic rings. The molecule has 0 bridgehead atoms. The van der Waals surface area contributed by atoms with Crippen LogP contribution in [0.2, 0.25) is 5.02 Å². The van der Waals surface area contributed by atoms with Gasteiger partial charge in [0.2, 0.25) is 5.91 Å². The lowest BCUT2D eigenvalue weighted by Gasteiger charge is -2.30. The summed E-state index contributed by atoms with van der Waals surface area (Å²) in [5.74, 6) is 1.30. The number of amides is 2. The zero-order valence-corrected chi connectivity index (χ0v) is 20.5. The first-order valence-electron chi connectivity index (χ1n) is 11.4. The van der Waals surface area contributed by atoms with E-state index >= 15 is 0 Å². The number of hydrogen-bond donors (Lipinski definition) is 1. The Morgan fingerprint density at radius 3 is 2.15 bits per heavy atom. The molecule has 2 aliphatic heterocycles. The minimum atomic E-state index is -0.323. The van der Waals surface area contributed by atoms with E-state index < -0.39 is 0 Å². The number of nitrogens with zero attached hydrogens (tertiary/aromatic N) is 2. The number of aryl methyl sites for hydroxylation is 3. The molecular formula is C26H32ClN3O3. The molecular weight excluding hydrogens is 438 g/mol. The Morgan fingerprint density at radius 1 is 1.03 bits per heavy atom. The molecule has 176 valence electrons. The van der Waals surface area contributed by atoms with Crippen molar-refractivity contribution >= 4 is 23.4 Å². The van der Waals surface area contributed by atoms with Crippen LogP contribution in [0.1, 0.15) is 45.1 Å². The Labute approximate surface area is 200 Å². The lowest BCUT2D eigenvalue weighted by atomic mass is 10.00. The first-order chi connectivity index (χ1) is 15.7. The van der Waals surface area contributed by atoms with Crippen LogP contribution in [0.4, 0.5) is 0 Å². The van der Waals surface area contributed by atoms with E-state index in [-0.39, 0.29) is 24.3 Å². The van der Waals surface area contributed by atoms with Crippen molar-refractivity contribution in [3.8, 4) is 5.75 Å². The number of halogens is 1. The van der Waals surface area contributed by atoms with Crippen molar-refractivity contribution in [1.29, 1.82) is 0 Å². The van der Waals surface area contributed by atoms with E-state index in [0.717, 1.165) is 59.7 Å². The van der Waals surface area contributed by atoms with Gasteiger partial charge in [0.1, 0.15) is 5.75 Å². The summed E-state index contributed by atoms with van der Waals surface area (Å²) >= 11 is 6.37. The van der Waals surface area contributed by atoms with Crippen LogP contribution in [-0.2, 0) is 4.79 Å². The van der Waals surface area contributed by atoms with E-state index in [1.165, 1.54) is 0 Å². The molecule has 0 radical (unpaired) electrons. The summed E-state index contributed by atoms with van der Waals surface area (Å²) in [5.41, 5.74) is 10.3. The number of nitrogens with two attached hydrogens (primary N) is 1. The predicted octanol–water partition coefficient (Wildman–Crippen LogP) is 3.89.